The molecule has 0 saturated carbocycles. The van der Waals surface area contributed by atoms with Gasteiger partial charge in [0.2, 0.25) is 0 Å². The van der Waals surface area contributed by atoms with Gasteiger partial charge >= 0.3 is 0 Å². The van der Waals surface area contributed by atoms with Crippen LogP contribution in [0, 0.1) is 21.4 Å². The molecule has 0 bridgehead atoms. The maximum absolute atomic E-state index is 10.7. The normalized spacial score (nSPS) is 18.9. The average Bonchev–Trinajstić information content (AvgIpc) is 2.46. The van der Waals surface area contributed by atoms with E-state index in [0.717, 1.165) is 25.5 Å². The van der Waals surface area contributed by atoms with Crippen LogP contribution < -0.4 is 4.90 Å². The third kappa shape index (κ3) is 2.63. The number of aliphatic hydroxyl groups is 1. The van der Waals surface area contributed by atoms with Crippen molar-refractivity contribution in [1.82, 2.24) is 4.98 Å². The number of piperidine rings is 1. The van der Waals surface area contributed by atoms with Gasteiger partial charge in [0, 0.05) is 12.6 Å². The summed E-state index contributed by atoms with van der Waals surface area (Å²) in [7, 11) is 0. The van der Waals surface area contributed by atoms with Crippen LogP contribution in [-0.4, -0.2) is 34.2 Å². The molecule has 19 heavy (non-hydrogen) atoms. The van der Waals surface area contributed by atoms with Gasteiger partial charge in [0.1, 0.15) is 23.6 Å². The van der Waals surface area contributed by atoms with Crippen molar-refractivity contribution >= 4 is 11.5 Å². The van der Waals surface area contributed by atoms with Crippen molar-refractivity contribution in [2.45, 2.75) is 25.3 Å². The number of aromatic nitrogens is 1. The maximum Gasteiger partial charge on any atom is 0.289 e. The summed E-state index contributed by atoms with van der Waals surface area (Å²) in [5.74, 6) is 0.423. The number of hydrogen-bond acceptors (Lipinski definition) is 6. The number of hydrogen-bond donors (Lipinski definition) is 1. The van der Waals surface area contributed by atoms with Crippen LogP contribution in [0.15, 0.2) is 12.3 Å². The third-order valence-electron chi connectivity index (χ3n) is 3.29. The Labute approximate surface area is 110 Å². The molecule has 1 unspecified atom stereocenters. The van der Waals surface area contributed by atoms with E-state index in [0.29, 0.717) is 12.4 Å². The van der Waals surface area contributed by atoms with Gasteiger partial charge in [-0.15, -0.1) is 0 Å². The molecule has 1 atom stereocenters. The van der Waals surface area contributed by atoms with Gasteiger partial charge in [-0.3, -0.25) is 10.1 Å². The molecule has 1 N–H and O–H groups in total. The number of pyridine rings is 1. The third-order valence-corrected chi connectivity index (χ3v) is 3.29. The van der Waals surface area contributed by atoms with Crippen LogP contribution in [0.25, 0.3) is 0 Å². The number of anilines is 1. The molecule has 0 aromatic carbocycles. The molecule has 0 spiro atoms. The first-order valence-electron chi connectivity index (χ1n) is 6.09. The Kier molecular flexibility index (Phi) is 3.92. The highest BCUT2D eigenvalue weighted by Gasteiger charge is 2.26. The number of nitriles is 1. The van der Waals surface area contributed by atoms with E-state index in [-0.39, 0.29) is 23.9 Å². The molecule has 0 aliphatic carbocycles. The van der Waals surface area contributed by atoms with Crippen molar-refractivity contribution in [3.05, 3.63) is 27.9 Å². The Morgan fingerprint density at radius 3 is 3.05 bits per heavy atom. The molecule has 1 aromatic heterocycles. The Balaban J connectivity index is 2.38. The molecule has 2 rings (SSSR count). The lowest BCUT2D eigenvalue weighted by Gasteiger charge is -2.35. The predicted octanol–water partition coefficient (Wildman–Crippen LogP) is 1.21. The second-order valence-corrected chi connectivity index (χ2v) is 4.46. The van der Waals surface area contributed by atoms with E-state index < -0.39 is 4.92 Å². The van der Waals surface area contributed by atoms with E-state index in [4.69, 9.17) is 5.26 Å². The summed E-state index contributed by atoms with van der Waals surface area (Å²) in [6.07, 6.45) is 3.97. The van der Waals surface area contributed by atoms with Crippen LogP contribution in [0.1, 0.15) is 24.8 Å². The minimum Gasteiger partial charge on any atom is -0.394 e. The van der Waals surface area contributed by atoms with Crippen LogP contribution in [0.3, 0.4) is 0 Å². The quantitative estimate of drug-likeness (QED) is 0.648. The van der Waals surface area contributed by atoms with Gasteiger partial charge in [-0.1, -0.05) is 0 Å². The van der Waals surface area contributed by atoms with Crippen LogP contribution >= 0.6 is 0 Å². The lowest BCUT2D eigenvalue weighted by Crippen LogP contribution is -2.42. The second kappa shape index (κ2) is 5.63. The smallest absolute Gasteiger partial charge is 0.289 e. The Hall–Kier alpha value is -2.20. The molecule has 1 aliphatic rings. The van der Waals surface area contributed by atoms with Crippen molar-refractivity contribution in [2.24, 2.45) is 0 Å². The molecule has 2 heterocycles. The van der Waals surface area contributed by atoms with Gasteiger partial charge in [-0.05, 0) is 19.3 Å². The average molecular weight is 262 g/mol. The zero-order chi connectivity index (χ0) is 13.8. The zero-order valence-corrected chi connectivity index (χ0v) is 10.3. The van der Waals surface area contributed by atoms with Gasteiger partial charge in [0.15, 0.2) is 0 Å². The summed E-state index contributed by atoms with van der Waals surface area (Å²) >= 11 is 0. The second-order valence-electron chi connectivity index (χ2n) is 4.46. The first kappa shape index (κ1) is 13.2. The molecular formula is C12H14N4O3. The van der Waals surface area contributed by atoms with E-state index in [1.165, 1.54) is 6.07 Å². The monoisotopic (exact) mass is 262 g/mol. The van der Waals surface area contributed by atoms with E-state index in [1.54, 1.807) is 0 Å². The zero-order valence-electron chi connectivity index (χ0n) is 10.3. The van der Waals surface area contributed by atoms with Gasteiger partial charge in [0.05, 0.1) is 17.6 Å². The van der Waals surface area contributed by atoms with Crippen molar-refractivity contribution in [2.75, 3.05) is 18.1 Å². The van der Waals surface area contributed by atoms with Gasteiger partial charge in [0.25, 0.3) is 5.69 Å². The van der Waals surface area contributed by atoms with Crippen LogP contribution in [0.5, 0.6) is 0 Å². The number of nitrogens with zero attached hydrogens (tertiary/aromatic N) is 4. The van der Waals surface area contributed by atoms with Gasteiger partial charge < -0.3 is 10.0 Å². The van der Waals surface area contributed by atoms with E-state index in [1.807, 2.05) is 11.0 Å². The topological polar surface area (TPSA) is 103 Å². The highest BCUT2D eigenvalue weighted by Crippen LogP contribution is 2.27. The molecule has 7 nitrogen and oxygen atoms in total. The molecule has 7 heteroatoms. The van der Waals surface area contributed by atoms with Crippen molar-refractivity contribution < 1.29 is 10.0 Å². The van der Waals surface area contributed by atoms with Crippen molar-refractivity contribution in [1.29, 1.82) is 5.26 Å². The molecule has 100 valence electrons. The summed E-state index contributed by atoms with van der Waals surface area (Å²) in [6.45, 7) is 0.689. The maximum atomic E-state index is 10.7. The lowest BCUT2D eigenvalue weighted by molar-refractivity contribution is -0.385. The summed E-state index contributed by atoms with van der Waals surface area (Å²) in [6, 6.07) is 3.10. The fraction of sp³-hybridized carbons (Fsp3) is 0.500. The Morgan fingerprint density at radius 2 is 2.42 bits per heavy atom. The first-order chi connectivity index (χ1) is 9.17. The van der Waals surface area contributed by atoms with Gasteiger partial charge in [-0.25, -0.2) is 4.98 Å². The largest absolute Gasteiger partial charge is 0.394 e. The minimum absolute atomic E-state index is 0.0104. The van der Waals surface area contributed by atoms with Crippen LogP contribution in [0.2, 0.25) is 0 Å². The lowest BCUT2D eigenvalue weighted by atomic mass is 10.0. The summed E-state index contributed by atoms with van der Waals surface area (Å²) in [4.78, 5) is 16.0. The number of rotatable bonds is 3. The molecular weight excluding hydrogens is 248 g/mol. The Bertz CT molecular complexity index is 526. The first-order valence-corrected chi connectivity index (χ1v) is 6.09. The highest BCUT2D eigenvalue weighted by molar-refractivity contribution is 5.58. The molecule has 0 radical (unpaired) electrons. The molecule has 1 saturated heterocycles. The fourth-order valence-electron chi connectivity index (χ4n) is 2.33. The van der Waals surface area contributed by atoms with E-state index in [2.05, 4.69) is 4.98 Å². The number of aliphatic hydroxyl groups excluding tert-OH is 1. The SMILES string of the molecule is N#Cc1cc([N+](=O)[O-])cnc1N1CCCCC1CO. The van der Waals surface area contributed by atoms with Crippen LogP contribution in [0.4, 0.5) is 11.5 Å². The molecule has 1 aliphatic heterocycles. The van der Waals surface area contributed by atoms with E-state index >= 15 is 0 Å². The van der Waals surface area contributed by atoms with Crippen LogP contribution in [-0.2, 0) is 0 Å². The van der Waals surface area contributed by atoms with E-state index in [9.17, 15) is 15.2 Å². The molecule has 0 amide bonds. The van der Waals surface area contributed by atoms with Crippen molar-refractivity contribution in [3.63, 3.8) is 0 Å². The Morgan fingerprint density at radius 1 is 1.63 bits per heavy atom. The molecule has 1 aromatic rings. The summed E-state index contributed by atoms with van der Waals surface area (Å²) in [5, 5.41) is 29.2. The molecule has 1 fully saturated rings. The summed E-state index contributed by atoms with van der Waals surface area (Å²) < 4.78 is 0. The van der Waals surface area contributed by atoms with Crippen molar-refractivity contribution in [3.8, 4) is 6.07 Å². The predicted molar refractivity (Wildman–Crippen MR) is 67.7 cm³/mol. The fourth-order valence-corrected chi connectivity index (χ4v) is 2.33. The summed E-state index contributed by atoms with van der Waals surface area (Å²) in [5.41, 5.74) is -0.0209. The highest BCUT2D eigenvalue weighted by atomic mass is 16.6. The standard InChI is InChI=1S/C12H14N4O3/c13-6-9-5-11(16(18)19)7-14-12(9)15-4-2-1-3-10(15)8-17/h5,7,10,17H,1-4,8H2. The number of nitro groups is 1. The van der Waals surface area contributed by atoms with Gasteiger partial charge in [-0.2, -0.15) is 5.26 Å². The minimum atomic E-state index is -0.572.